The number of hydrogen-bond donors (Lipinski definition) is 1. The number of ether oxygens (including phenoxy) is 1. The molecule has 0 bridgehead atoms. The molecule has 2 rings (SSSR count). The van der Waals surface area contributed by atoms with Crippen molar-refractivity contribution in [3.8, 4) is 5.75 Å². The Bertz CT molecular complexity index is 664. The molecule has 0 aliphatic rings. The predicted octanol–water partition coefficient (Wildman–Crippen LogP) is 4.50. The molecule has 0 aliphatic heterocycles. The fourth-order valence-electron chi connectivity index (χ4n) is 1.62. The average molecular weight is 359 g/mol. The van der Waals surface area contributed by atoms with Crippen LogP contribution in [0.2, 0.25) is 5.02 Å². The number of halogens is 3. The van der Waals surface area contributed by atoms with E-state index in [1.54, 1.807) is 24.3 Å². The number of carbonyl (C=O) groups excluding carboxylic acids is 1. The van der Waals surface area contributed by atoms with Gasteiger partial charge < -0.3 is 10.1 Å². The van der Waals surface area contributed by atoms with Gasteiger partial charge in [0.2, 0.25) is 0 Å². The van der Waals surface area contributed by atoms with Crippen LogP contribution in [-0.2, 0) is 0 Å². The maximum Gasteiger partial charge on any atom is 0.259 e. The van der Waals surface area contributed by atoms with Gasteiger partial charge >= 0.3 is 0 Å². The molecule has 0 radical (unpaired) electrons. The van der Waals surface area contributed by atoms with Gasteiger partial charge in [0.05, 0.1) is 17.1 Å². The Morgan fingerprint density at radius 3 is 2.70 bits per heavy atom. The zero-order valence-electron chi connectivity index (χ0n) is 10.4. The maximum absolute atomic E-state index is 13.4. The largest absolute Gasteiger partial charge is 0.496 e. The molecule has 0 aliphatic carbocycles. The molecule has 3 nitrogen and oxygen atoms in total. The van der Waals surface area contributed by atoms with E-state index < -0.39 is 11.7 Å². The highest BCUT2D eigenvalue weighted by atomic mass is 79.9. The van der Waals surface area contributed by atoms with E-state index in [1.807, 2.05) is 0 Å². The van der Waals surface area contributed by atoms with Crippen LogP contribution in [0.25, 0.3) is 0 Å². The smallest absolute Gasteiger partial charge is 0.259 e. The summed E-state index contributed by atoms with van der Waals surface area (Å²) in [4.78, 5) is 12.1. The van der Waals surface area contributed by atoms with Gasteiger partial charge in [-0.2, -0.15) is 0 Å². The van der Waals surface area contributed by atoms with Crippen molar-refractivity contribution in [2.24, 2.45) is 0 Å². The molecule has 20 heavy (non-hydrogen) atoms. The standard InChI is InChI=1S/C14H10BrClFNO2/c1-20-13-6-8(16)2-4-10(13)14(19)18-9-3-5-11(15)12(17)7-9/h2-7H,1H3,(H,18,19). The second kappa shape index (κ2) is 6.24. The molecular formula is C14H10BrClFNO2. The van der Waals surface area contributed by atoms with Crippen LogP contribution in [0.5, 0.6) is 5.75 Å². The summed E-state index contributed by atoms with van der Waals surface area (Å²) in [5.74, 6) is -0.501. The van der Waals surface area contributed by atoms with E-state index in [0.29, 0.717) is 26.5 Å². The van der Waals surface area contributed by atoms with Gasteiger partial charge in [-0.25, -0.2) is 4.39 Å². The summed E-state index contributed by atoms with van der Waals surface area (Å²) in [6.45, 7) is 0. The van der Waals surface area contributed by atoms with E-state index in [0.717, 1.165) is 0 Å². The van der Waals surface area contributed by atoms with Crippen molar-refractivity contribution in [1.82, 2.24) is 0 Å². The highest BCUT2D eigenvalue weighted by Gasteiger charge is 2.13. The summed E-state index contributed by atoms with van der Waals surface area (Å²) < 4.78 is 18.8. The van der Waals surface area contributed by atoms with Crippen molar-refractivity contribution in [1.29, 1.82) is 0 Å². The van der Waals surface area contributed by atoms with E-state index in [2.05, 4.69) is 21.2 Å². The maximum atomic E-state index is 13.4. The van der Waals surface area contributed by atoms with E-state index in [9.17, 15) is 9.18 Å². The van der Waals surface area contributed by atoms with Gasteiger partial charge in [0.25, 0.3) is 5.91 Å². The second-order valence-electron chi connectivity index (χ2n) is 3.93. The average Bonchev–Trinajstić information content (AvgIpc) is 2.42. The Balaban J connectivity index is 2.25. The molecule has 1 amide bonds. The highest BCUT2D eigenvalue weighted by Crippen LogP contribution is 2.25. The summed E-state index contributed by atoms with van der Waals surface area (Å²) in [6, 6.07) is 9.01. The first-order valence-electron chi connectivity index (χ1n) is 5.61. The normalized spacial score (nSPS) is 10.2. The third-order valence-corrected chi connectivity index (χ3v) is 3.46. The minimum absolute atomic E-state index is 0.320. The summed E-state index contributed by atoms with van der Waals surface area (Å²) in [5, 5.41) is 3.06. The van der Waals surface area contributed by atoms with Gasteiger partial charge in [-0.15, -0.1) is 0 Å². The van der Waals surface area contributed by atoms with Gasteiger partial charge in [0.1, 0.15) is 11.6 Å². The van der Waals surface area contributed by atoms with E-state index in [1.165, 1.54) is 19.2 Å². The van der Waals surface area contributed by atoms with Crippen molar-refractivity contribution >= 4 is 39.1 Å². The molecule has 104 valence electrons. The highest BCUT2D eigenvalue weighted by molar-refractivity contribution is 9.10. The zero-order chi connectivity index (χ0) is 14.7. The SMILES string of the molecule is COc1cc(Cl)ccc1C(=O)Nc1ccc(Br)c(F)c1. The Hall–Kier alpha value is -1.59. The monoisotopic (exact) mass is 357 g/mol. The number of methoxy groups -OCH3 is 1. The van der Waals surface area contributed by atoms with Crippen LogP contribution in [0.15, 0.2) is 40.9 Å². The molecule has 1 N–H and O–H groups in total. The van der Waals surface area contributed by atoms with Crippen molar-refractivity contribution < 1.29 is 13.9 Å². The molecule has 0 fully saturated rings. The van der Waals surface area contributed by atoms with Crippen molar-refractivity contribution in [3.63, 3.8) is 0 Å². The van der Waals surface area contributed by atoms with Crippen LogP contribution in [0.4, 0.5) is 10.1 Å². The number of benzene rings is 2. The van der Waals surface area contributed by atoms with Crippen molar-refractivity contribution in [3.05, 3.63) is 57.3 Å². The van der Waals surface area contributed by atoms with Crippen LogP contribution in [0, 0.1) is 5.82 Å². The second-order valence-corrected chi connectivity index (χ2v) is 5.22. The Morgan fingerprint density at radius 2 is 2.05 bits per heavy atom. The summed E-state index contributed by atoms with van der Waals surface area (Å²) in [7, 11) is 1.45. The molecule has 2 aromatic rings. The lowest BCUT2D eigenvalue weighted by Crippen LogP contribution is -2.13. The summed E-state index contributed by atoms with van der Waals surface area (Å²) >= 11 is 8.88. The Kier molecular flexibility index (Phi) is 4.62. The molecule has 2 aromatic carbocycles. The van der Waals surface area contributed by atoms with Crippen molar-refractivity contribution in [2.75, 3.05) is 12.4 Å². The predicted molar refractivity (Wildman–Crippen MR) is 80.1 cm³/mol. The van der Waals surface area contributed by atoms with E-state index in [4.69, 9.17) is 16.3 Å². The van der Waals surface area contributed by atoms with E-state index >= 15 is 0 Å². The van der Waals surface area contributed by atoms with Gasteiger partial charge in [0.15, 0.2) is 0 Å². The molecule has 0 spiro atoms. The van der Waals surface area contributed by atoms with Crippen LogP contribution < -0.4 is 10.1 Å². The van der Waals surface area contributed by atoms with Crippen LogP contribution >= 0.6 is 27.5 Å². The third-order valence-electron chi connectivity index (χ3n) is 2.59. The number of rotatable bonds is 3. The number of hydrogen-bond acceptors (Lipinski definition) is 2. The van der Waals surface area contributed by atoms with Gasteiger partial charge in [0, 0.05) is 10.7 Å². The fourth-order valence-corrected chi connectivity index (χ4v) is 2.03. The van der Waals surface area contributed by atoms with Crippen LogP contribution in [-0.4, -0.2) is 13.0 Å². The third kappa shape index (κ3) is 3.29. The summed E-state index contributed by atoms with van der Waals surface area (Å²) in [5.41, 5.74) is 0.674. The minimum Gasteiger partial charge on any atom is -0.496 e. The Morgan fingerprint density at radius 1 is 1.30 bits per heavy atom. The molecule has 0 unspecified atom stereocenters. The lowest BCUT2D eigenvalue weighted by atomic mass is 10.2. The zero-order valence-corrected chi connectivity index (χ0v) is 12.8. The minimum atomic E-state index is -0.453. The number of anilines is 1. The molecular weight excluding hydrogens is 349 g/mol. The van der Waals surface area contributed by atoms with E-state index in [-0.39, 0.29) is 0 Å². The fraction of sp³-hybridized carbons (Fsp3) is 0.0714. The first-order chi connectivity index (χ1) is 9.51. The van der Waals surface area contributed by atoms with Crippen molar-refractivity contribution in [2.45, 2.75) is 0 Å². The van der Waals surface area contributed by atoms with Crippen LogP contribution in [0.3, 0.4) is 0 Å². The molecule has 0 aromatic heterocycles. The number of amides is 1. The van der Waals surface area contributed by atoms with Crippen LogP contribution in [0.1, 0.15) is 10.4 Å². The first kappa shape index (κ1) is 14.8. The lowest BCUT2D eigenvalue weighted by Gasteiger charge is -2.10. The number of carbonyl (C=O) groups is 1. The summed E-state index contributed by atoms with van der Waals surface area (Å²) in [6.07, 6.45) is 0. The van der Waals surface area contributed by atoms with Gasteiger partial charge in [-0.3, -0.25) is 4.79 Å². The molecule has 0 saturated carbocycles. The topological polar surface area (TPSA) is 38.3 Å². The molecule has 0 atom stereocenters. The lowest BCUT2D eigenvalue weighted by molar-refractivity contribution is 0.102. The number of nitrogens with one attached hydrogen (secondary N) is 1. The quantitative estimate of drug-likeness (QED) is 0.877. The first-order valence-corrected chi connectivity index (χ1v) is 6.78. The molecule has 0 heterocycles. The van der Waals surface area contributed by atoms with Gasteiger partial charge in [-0.1, -0.05) is 11.6 Å². The van der Waals surface area contributed by atoms with Gasteiger partial charge in [-0.05, 0) is 52.3 Å². The Labute approximate surface area is 128 Å². The molecule has 0 saturated heterocycles. The molecule has 6 heteroatoms.